The predicted octanol–water partition coefficient (Wildman–Crippen LogP) is 5.63. The van der Waals surface area contributed by atoms with E-state index in [1.165, 1.54) is 10.8 Å². The van der Waals surface area contributed by atoms with Crippen molar-refractivity contribution in [2.45, 2.75) is 19.5 Å². The van der Waals surface area contributed by atoms with E-state index in [-0.39, 0.29) is 5.91 Å². The van der Waals surface area contributed by atoms with E-state index in [0.29, 0.717) is 19.5 Å². The Morgan fingerprint density at radius 1 is 0.688 bits per heavy atom. The van der Waals surface area contributed by atoms with E-state index in [4.69, 9.17) is 9.47 Å². The fourth-order valence-electron chi connectivity index (χ4n) is 3.85. The number of nitrogens with zero attached hydrogens (tertiary/aromatic N) is 1. The Balaban J connectivity index is 1.60. The van der Waals surface area contributed by atoms with Crippen LogP contribution >= 0.6 is 0 Å². The highest BCUT2D eigenvalue weighted by molar-refractivity contribution is 5.86. The van der Waals surface area contributed by atoms with Crippen LogP contribution in [0.15, 0.2) is 91.0 Å². The van der Waals surface area contributed by atoms with Gasteiger partial charge in [-0.3, -0.25) is 4.79 Å². The second-order valence-corrected chi connectivity index (χ2v) is 7.76. The third-order valence-electron chi connectivity index (χ3n) is 5.64. The highest BCUT2D eigenvalue weighted by Gasteiger charge is 2.17. The number of carbonyl (C=O) groups excluding carboxylic acids is 1. The minimum absolute atomic E-state index is 0.0823. The molecule has 0 saturated carbocycles. The number of carbonyl (C=O) groups is 1. The van der Waals surface area contributed by atoms with Gasteiger partial charge in [-0.25, -0.2) is 0 Å². The van der Waals surface area contributed by atoms with E-state index in [0.717, 1.165) is 28.2 Å². The molecule has 0 spiro atoms. The number of hydrogen-bond donors (Lipinski definition) is 0. The zero-order chi connectivity index (χ0) is 22.3. The Kier molecular flexibility index (Phi) is 6.71. The number of benzene rings is 4. The minimum atomic E-state index is 0.0823. The van der Waals surface area contributed by atoms with Gasteiger partial charge in [0.1, 0.15) is 11.5 Å². The Morgan fingerprint density at radius 2 is 1.28 bits per heavy atom. The van der Waals surface area contributed by atoms with Crippen LogP contribution in [0, 0.1) is 0 Å². The molecule has 0 N–H and O–H groups in total. The van der Waals surface area contributed by atoms with Crippen molar-refractivity contribution < 1.29 is 14.3 Å². The number of amides is 1. The van der Waals surface area contributed by atoms with Gasteiger partial charge >= 0.3 is 0 Å². The zero-order valence-corrected chi connectivity index (χ0v) is 18.5. The summed E-state index contributed by atoms with van der Waals surface area (Å²) in [6, 6.07) is 30.1. The van der Waals surface area contributed by atoms with Crippen molar-refractivity contribution in [3.8, 4) is 11.5 Å². The maximum Gasteiger partial charge on any atom is 0.227 e. The molecule has 0 saturated heterocycles. The monoisotopic (exact) mass is 425 g/mol. The van der Waals surface area contributed by atoms with Gasteiger partial charge in [0.05, 0.1) is 20.6 Å². The molecule has 0 aliphatic heterocycles. The van der Waals surface area contributed by atoms with Crippen molar-refractivity contribution in [3.63, 3.8) is 0 Å². The number of fused-ring (bicyclic) bond motifs is 1. The van der Waals surface area contributed by atoms with Gasteiger partial charge in [0, 0.05) is 13.1 Å². The largest absolute Gasteiger partial charge is 0.497 e. The Labute approximate surface area is 189 Å². The summed E-state index contributed by atoms with van der Waals surface area (Å²) in [6.45, 7) is 1.07. The van der Waals surface area contributed by atoms with Crippen LogP contribution in [-0.2, 0) is 24.3 Å². The van der Waals surface area contributed by atoms with Gasteiger partial charge in [0.25, 0.3) is 0 Å². The van der Waals surface area contributed by atoms with Crippen molar-refractivity contribution >= 4 is 16.7 Å². The molecule has 0 unspecified atom stereocenters. The highest BCUT2D eigenvalue weighted by atomic mass is 16.5. The summed E-state index contributed by atoms with van der Waals surface area (Å²) < 4.78 is 10.5. The topological polar surface area (TPSA) is 38.8 Å². The Morgan fingerprint density at radius 3 is 1.94 bits per heavy atom. The molecule has 4 aromatic carbocycles. The fourth-order valence-corrected chi connectivity index (χ4v) is 3.85. The second kappa shape index (κ2) is 10.0. The van der Waals surface area contributed by atoms with Crippen molar-refractivity contribution in [1.82, 2.24) is 4.90 Å². The summed E-state index contributed by atoms with van der Waals surface area (Å²) in [5, 5.41) is 2.35. The quantitative estimate of drug-likeness (QED) is 0.367. The smallest absolute Gasteiger partial charge is 0.227 e. The van der Waals surface area contributed by atoms with Crippen molar-refractivity contribution in [2.24, 2.45) is 0 Å². The van der Waals surface area contributed by atoms with E-state index < -0.39 is 0 Å². The van der Waals surface area contributed by atoms with Crippen LogP contribution in [-0.4, -0.2) is 25.0 Å². The number of hydrogen-bond acceptors (Lipinski definition) is 3. The SMILES string of the molecule is COc1ccc(CC(=O)N(Cc2ccc(OC)cc2)Cc2cccc3ccccc23)cc1. The van der Waals surface area contributed by atoms with Gasteiger partial charge in [-0.1, -0.05) is 66.7 Å². The first kappa shape index (κ1) is 21.4. The third-order valence-corrected chi connectivity index (χ3v) is 5.64. The van der Waals surface area contributed by atoms with E-state index in [1.807, 2.05) is 65.6 Å². The summed E-state index contributed by atoms with van der Waals surface area (Å²) in [5.41, 5.74) is 3.17. The summed E-state index contributed by atoms with van der Waals surface area (Å²) in [5.74, 6) is 1.67. The van der Waals surface area contributed by atoms with Crippen LogP contribution in [0.1, 0.15) is 16.7 Å². The molecule has 0 atom stereocenters. The average molecular weight is 426 g/mol. The van der Waals surface area contributed by atoms with E-state index >= 15 is 0 Å². The fraction of sp³-hybridized carbons (Fsp3) is 0.179. The van der Waals surface area contributed by atoms with Crippen LogP contribution in [0.2, 0.25) is 0 Å². The molecule has 0 bridgehead atoms. The summed E-state index contributed by atoms with van der Waals surface area (Å²) in [4.78, 5) is 15.3. The first-order valence-corrected chi connectivity index (χ1v) is 10.7. The van der Waals surface area contributed by atoms with Crippen LogP contribution in [0.3, 0.4) is 0 Å². The highest BCUT2D eigenvalue weighted by Crippen LogP contribution is 2.22. The molecule has 0 radical (unpaired) electrons. The molecular formula is C28H27NO3. The normalized spacial score (nSPS) is 10.7. The average Bonchev–Trinajstić information content (AvgIpc) is 2.84. The summed E-state index contributed by atoms with van der Waals surface area (Å²) >= 11 is 0. The molecule has 0 heterocycles. The van der Waals surface area contributed by atoms with Gasteiger partial charge in [0.15, 0.2) is 0 Å². The van der Waals surface area contributed by atoms with Gasteiger partial charge in [0.2, 0.25) is 5.91 Å². The third kappa shape index (κ3) is 5.09. The molecular weight excluding hydrogens is 398 g/mol. The van der Waals surface area contributed by atoms with Gasteiger partial charge in [-0.15, -0.1) is 0 Å². The van der Waals surface area contributed by atoms with Gasteiger partial charge in [-0.2, -0.15) is 0 Å². The summed E-state index contributed by atoms with van der Waals surface area (Å²) in [7, 11) is 3.29. The lowest BCUT2D eigenvalue weighted by molar-refractivity contribution is -0.131. The lowest BCUT2D eigenvalue weighted by Gasteiger charge is -2.24. The van der Waals surface area contributed by atoms with Crippen molar-refractivity contribution in [1.29, 1.82) is 0 Å². The maximum atomic E-state index is 13.4. The second-order valence-electron chi connectivity index (χ2n) is 7.76. The number of rotatable bonds is 8. The van der Waals surface area contributed by atoms with Gasteiger partial charge in [-0.05, 0) is 51.7 Å². The number of ether oxygens (including phenoxy) is 2. The maximum absolute atomic E-state index is 13.4. The van der Waals surface area contributed by atoms with E-state index in [9.17, 15) is 4.79 Å². The minimum Gasteiger partial charge on any atom is -0.497 e. The van der Waals surface area contributed by atoms with Gasteiger partial charge < -0.3 is 14.4 Å². The molecule has 4 rings (SSSR count). The Hall–Kier alpha value is -3.79. The van der Waals surface area contributed by atoms with Crippen molar-refractivity contribution in [2.75, 3.05) is 14.2 Å². The first-order chi connectivity index (χ1) is 15.7. The molecule has 0 fully saturated rings. The molecule has 0 aliphatic rings. The molecule has 4 aromatic rings. The van der Waals surface area contributed by atoms with Crippen LogP contribution < -0.4 is 9.47 Å². The van der Waals surface area contributed by atoms with E-state index in [1.54, 1.807) is 14.2 Å². The molecule has 1 amide bonds. The lowest BCUT2D eigenvalue weighted by atomic mass is 10.0. The predicted molar refractivity (Wildman–Crippen MR) is 128 cm³/mol. The van der Waals surface area contributed by atoms with Crippen LogP contribution in [0.4, 0.5) is 0 Å². The first-order valence-electron chi connectivity index (χ1n) is 10.7. The molecule has 162 valence electrons. The van der Waals surface area contributed by atoms with Crippen molar-refractivity contribution in [3.05, 3.63) is 108 Å². The van der Waals surface area contributed by atoms with E-state index in [2.05, 4.69) is 30.3 Å². The Bertz CT molecular complexity index is 1180. The molecule has 4 nitrogen and oxygen atoms in total. The standard InChI is InChI=1S/C28H27NO3/c1-31-25-14-10-21(11-15-25)18-28(30)29(19-22-12-16-26(32-2)17-13-22)20-24-8-5-7-23-6-3-4-9-27(23)24/h3-17H,18-20H2,1-2H3. The molecule has 32 heavy (non-hydrogen) atoms. The molecule has 0 aliphatic carbocycles. The summed E-state index contributed by atoms with van der Waals surface area (Å²) in [6.07, 6.45) is 0.338. The van der Waals surface area contributed by atoms with Crippen LogP contribution in [0.5, 0.6) is 11.5 Å². The molecule has 4 heteroatoms. The zero-order valence-electron chi connectivity index (χ0n) is 18.5. The molecule has 0 aromatic heterocycles. The van der Waals surface area contributed by atoms with Crippen LogP contribution in [0.25, 0.3) is 10.8 Å². The lowest BCUT2D eigenvalue weighted by Crippen LogP contribution is -2.31. The number of methoxy groups -OCH3 is 2.